The van der Waals surface area contributed by atoms with E-state index in [1.165, 1.54) is 25.9 Å². The van der Waals surface area contributed by atoms with E-state index in [0.717, 1.165) is 31.5 Å². The number of hydrogen-bond acceptors (Lipinski definition) is 5. The third kappa shape index (κ3) is 3.43. The zero-order valence-corrected chi connectivity index (χ0v) is 14.2. The maximum absolute atomic E-state index is 12.2. The number of aryl methyl sites for hydroxylation is 1. The van der Waals surface area contributed by atoms with E-state index in [1.807, 2.05) is 13.0 Å². The number of sulfone groups is 1. The molecule has 1 saturated heterocycles. The first kappa shape index (κ1) is 16.8. The normalized spacial score (nSPS) is 15.7. The first-order valence-corrected chi connectivity index (χ1v) is 9.48. The van der Waals surface area contributed by atoms with Crippen molar-refractivity contribution in [3.63, 3.8) is 0 Å². The number of ether oxygens (including phenoxy) is 1. The molecule has 0 saturated carbocycles. The lowest BCUT2D eigenvalue weighted by Gasteiger charge is -2.31. The average molecular weight is 325 g/mol. The molecule has 1 aliphatic heterocycles. The Hall–Kier alpha value is -1.56. The number of carbonyl (C=O) groups is 1. The van der Waals surface area contributed by atoms with Gasteiger partial charge < -0.3 is 9.64 Å². The number of hydrogen-bond donors (Lipinski definition) is 0. The van der Waals surface area contributed by atoms with E-state index in [4.69, 9.17) is 4.74 Å². The molecule has 0 N–H and O–H groups in total. The van der Waals surface area contributed by atoms with Gasteiger partial charge >= 0.3 is 5.97 Å². The topological polar surface area (TPSA) is 63.7 Å². The summed E-state index contributed by atoms with van der Waals surface area (Å²) in [5, 5.41) is 0. The van der Waals surface area contributed by atoms with E-state index in [0.29, 0.717) is 17.7 Å². The first-order chi connectivity index (χ1) is 10.4. The van der Waals surface area contributed by atoms with Crippen molar-refractivity contribution in [2.24, 2.45) is 0 Å². The highest BCUT2D eigenvalue weighted by Gasteiger charge is 2.24. The van der Waals surface area contributed by atoms with Crippen LogP contribution in [0.2, 0.25) is 0 Å². The quantitative estimate of drug-likeness (QED) is 0.796. The number of esters is 1. The van der Waals surface area contributed by atoms with Crippen LogP contribution in [-0.2, 0) is 21.0 Å². The maximum atomic E-state index is 12.2. The Morgan fingerprint density at radius 1 is 1.23 bits per heavy atom. The predicted molar refractivity (Wildman–Crippen MR) is 86.3 cm³/mol. The minimum absolute atomic E-state index is 0.215. The predicted octanol–water partition coefficient (Wildman–Crippen LogP) is 2.43. The number of piperidine rings is 1. The van der Waals surface area contributed by atoms with Crippen molar-refractivity contribution in [2.45, 2.75) is 37.5 Å². The lowest BCUT2D eigenvalue weighted by Crippen LogP contribution is -2.31. The second-order valence-electron chi connectivity index (χ2n) is 5.64. The van der Waals surface area contributed by atoms with Gasteiger partial charge in [-0.15, -0.1) is 0 Å². The van der Waals surface area contributed by atoms with E-state index in [-0.39, 0.29) is 4.90 Å². The number of anilines is 1. The van der Waals surface area contributed by atoms with Crippen LogP contribution in [0, 0.1) is 0 Å². The molecule has 0 spiro atoms. The molecule has 6 heteroatoms. The second kappa shape index (κ2) is 6.69. The summed E-state index contributed by atoms with van der Waals surface area (Å²) in [6, 6.07) is 3.32. The fourth-order valence-corrected chi connectivity index (χ4v) is 3.78. The lowest BCUT2D eigenvalue weighted by molar-refractivity contribution is 0.0599. The molecule has 0 unspecified atom stereocenters. The van der Waals surface area contributed by atoms with Crippen LogP contribution in [0.1, 0.15) is 42.1 Å². The van der Waals surface area contributed by atoms with E-state index in [2.05, 4.69) is 4.90 Å². The molecule has 0 bridgehead atoms. The minimum atomic E-state index is -3.42. The van der Waals surface area contributed by atoms with Gasteiger partial charge in [-0.1, -0.05) is 6.92 Å². The number of methoxy groups -OCH3 is 1. The van der Waals surface area contributed by atoms with Crippen molar-refractivity contribution in [1.29, 1.82) is 0 Å². The highest BCUT2D eigenvalue weighted by atomic mass is 32.2. The smallest absolute Gasteiger partial charge is 0.338 e. The van der Waals surface area contributed by atoms with Crippen molar-refractivity contribution < 1.29 is 17.9 Å². The molecule has 1 fully saturated rings. The third-order valence-electron chi connectivity index (χ3n) is 4.07. The molecule has 2 rings (SSSR count). The number of carbonyl (C=O) groups excluding carboxylic acids is 1. The Kier molecular flexibility index (Phi) is 5.11. The van der Waals surface area contributed by atoms with Crippen LogP contribution in [0.25, 0.3) is 0 Å². The van der Waals surface area contributed by atoms with Gasteiger partial charge in [-0.2, -0.15) is 0 Å². The van der Waals surface area contributed by atoms with Gasteiger partial charge in [0.2, 0.25) is 0 Å². The van der Waals surface area contributed by atoms with E-state index in [1.54, 1.807) is 0 Å². The Morgan fingerprint density at radius 2 is 1.86 bits per heavy atom. The summed E-state index contributed by atoms with van der Waals surface area (Å²) in [6.45, 7) is 3.65. The van der Waals surface area contributed by atoms with E-state index >= 15 is 0 Å². The fraction of sp³-hybridized carbons (Fsp3) is 0.562. The zero-order valence-electron chi connectivity index (χ0n) is 13.4. The van der Waals surface area contributed by atoms with Gasteiger partial charge in [-0.25, -0.2) is 13.2 Å². The highest BCUT2D eigenvalue weighted by Crippen LogP contribution is 2.31. The lowest BCUT2D eigenvalue weighted by atomic mass is 10.0. The van der Waals surface area contributed by atoms with Crippen molar-refractivity contribution >= 4 is 21.5 Å². The molecule has 1 heterocycles. The first-order valence-electron chi connectivity index (χ1n) is 7.58. The Morgan fingerprint density at radius 3 is 2.36 bits per heavy atom. The van der Waals surface area contributed by atoms with Gasteiger partial charge in [0.15, 0.2) is 9.84 Å². The van der Waals surface area contributed by atoms with Gasteiger partial charge in [0.25, 0.3) is 0 Å². The minimum Gasteiger partial charge on any atom is -0.465 e. The summed E-state index contributed by atoms with van der Waals surface area (Å²) in [5.41, 5.74) is 1.87. The third-order valence-corrected chi connectivity index (χ3v) is 5.19. The van der Waals surface area contributed by atoms with Crippen molar-refractivity contribution in [1.82, 2.24) is 0 Å². The van der Waals surface area contributed by atoms with Crippen LogP contribution in [0.15, 0.2) is 17.0 Å². The molecule has 0 amide bonds. The van der Waals surface area contributed by atoms with Gasteiger partial charge in [0, 0.05) is 19.3 Å². The highest BCUT2D eigenvalue weighted by molar-refractivity contribution is 7.90. The average Bonchev–Trinajstić information content (AvgIpc) is 2.52. The van der Waals surface area contributed by atoms with Crippen LogP contribution in [0.4, 0.5) is 5.69 Å². The Labute approximate surface area is 132 Å². The maximum Gasteiger partial charge on any atom is 0.338 e. The molecule has 1 aromatic rings. The monoisotopic (exact) mass is 325 g/mol. The van der Waals surface area contributed by atoms with Crippen LogP contribution in [0.3, 0.4) is 0 Å². The molecule has 0 radical (unpaired) electrons. The summed E-state index contributed by atoms with van der Waals surface area (Å²) in [7, 11) is -2.12. The van der Waals surface area contributed by atoms with E-state index < -0.39 is 15.8 Å². The Balaban J connectivity index is 2.63. The van der Waals surface area contributed by atoms with Crippen LogP contribution in [0.5, 0.6) is 0 Å². The van der Waals surface area contributed by atoms with Crippen LogP contribution < -0.4 is 4.90 Å². The van der Waals surface area contributed by atoms with Gasteiger partial charge in [0.1, 0.15) is 0 Å². The van der Waals surface area contributed by atoms with Crippen LogP contribution >= 0.6 is 0 Å². The van der Waals surface area contributed by atoms with E-state index in [9.17, 15) is 13.2 Å². The van der Waals surface area contributed by atoms with Crippen molar-refractivity contribution in [3.8, 4) is 0 Å². The fourth-order valence-electron chi connectivity index (χ4n) is 2.88. The number of nitrogens with zero attached hydrogens (tertiary/aromatic N) is 1. The van der Waals surface area contributed by atoms with Crippen LogP contribution in [-0.4, -0.2) is 40.8 Å². The van der Waals surface area contributed by atoms with Gasteiger partial charge in [-0.05, 0) is 43.4 Å². The summed E-state index contributed by atoms with van der Waals surface area (Å²) in [5.74, 6) is -0.494. The molecule has 122 valence electrons. The molecule has 1 aromatic carbocycles. The molecular weight excluding hydrogens is 302 g/mol. The van der Waals surface area contributed by atoms with Crippen molar-refractivity contribution in [2.75, 3.05) is 31.4 Å². The second-order valence-corrected chi connectivity index (χ2v) is 7.63. The summed E-state index contributed by atoms with van der Waals surface area (Å²) in [6.07, 6.45) is 5.12. The SMILES string of the molecule is CCc1cc(N2CCCCC2)c(S(C)(=O)=O)cc1C(=O)OC. The standard InChI is InChI=1S/C16H23NO4S/c1-4-12-10-14(17-8-6-5-7-9-17)15(22(3,19)20)11-13(12)16(18)21-2/h10-11H,4-9H2,1-3H3. The molecule has 0 aliphatic carbocycles. The number of benzene rings is 1. The number of rotatable bonds is 4. The van der Waals surface area contributed by atoms with Crippen molar-refractivity contribution in [3.05, 3.63) is 23.3 Å². The molecular formula is C16H23NO4S. The molecule has 0 aromatic heterocycles. The summed E-state index contributed by atoms with van der Waals surface area (Å²) < 4.78 is 29.1. The molecule has 1 aliphatic rings. The largest absolute Gasteiger partial charge is 0.465 e. The molecule has 0 atom stereocenters. The van der Waals surface area contributed by atoms with Gasteiger partial charge in [-0.3, -0.25) is 0 Å². The Bertz CT molecular complexity index is 661. The summed E-state index contributed by atoms with van der Waals surface area (Å²) >= 11 is 0. The molecule has 5 nitrogen and oxygen atoms in total. The zero-order chi connectivity index (χ0) is 16.3. The van der Waals surface area contributed by atoms with Gasteiger partial charge in [0.05, 0.1) is 23.3 Å². The summed E-state index contributed by atoms with van der Waals surface area (Å²) in [4.78, 5) is 14.3. The molecule has 22 heavy (non-hydrogen) atoms.